The van der Waals surface area contributed by atoms with E-state index >= 15 is 0 Å². The first-order chi connectivity index (χ1) is 17.5. The highest BCUT2D eigenvalue weighted by molar-refractivity contribution is 7.24. The van der Waals surface area contributed by atoms with Crippen molar-refractivity contribution in [1.29, 1.82) is 0 Å². The Morgan fingerprint density at radius 3 is 2.58 bits per heavy atom. The monoisotopic (exact) mass is 505 g/mol. The molecule has 3 N–H and O–H groups in total. The third-order valence-corrected chi connectivity index (χ3v) is 7.72. The molecule has 3 aromatic rings. The minimum atomic E-state index is -1.08. The van der Waals surface area contributed by atoms with Crippen LogP contribution in [-0.2, 0) is 4.79 Å². The number of amidine groups is 1. The Balaban J connectivity index is 1.69. The molecule has 0 radical (unpaired) electrons. The number of nitrogens with one attached hydrogen (secondary N) is 3. The number of hydrogen-bond donors (Lipinski definition) is 3. The van der Waals surface area contributed by atoms with Crippen LogP contribution in [-0.4, -0.2) is 60.9 Å². The Bertz CT molecular complexity index is 1360. The molecule has 1 spiro atoms. The van der Waals surface area contributed by atoms with E-state index in [1.54, 1.807) is 12.0 Å². The standard InChI is InChI=1S/C26H27N5O4S/c1-3-28-25(34)30-22-19(17-10-7-11-18(35-2)20(17)36-22)23(32)31-21(16-8-5-4-6-9-16)29-24(33)26(31)12-14-27-15-13-26/h4-11,27H,3,12-15H2,1-2H3,(H2,28,30,34). The second kappa shape index (κ2) is 9.71. The van der Waals surface area contributed by atoms with Gasteiger partial charge in [0, 0.05) is 17.5 Å². The van der Waals surface area contributed by atoms with Crippen LogP contribution in [0, 0.1) is 0 Å². The van der Waals surface area contributed by atoms with E-state index in [1.807, 2.05) is 55.5 Å². The number of nitrogens with zero attached hydrogens (tertiary/aromatic N) is 2. The van der Waals surface area contributed by atoms with Crippen LogP contribution in [0.15, 0.2) is 53.5 Å². The Morgan fingerprint density at radius 1 is 1.14 bits per heavy atom. The highest BCUT2D eigenvalue weighted by Crippen LogP contribution is 2.44. The molecule has 0 bridgehead atoms. The summed E-state index contributed by atoms with van der Waals surface area (Å²) >= 11 is 1.27. The van der Waals surface area contributed by atoms with Gasteiger partial charge in [0.2, 0.25) is 0 Å². The third-order valence-electron chi connectivity index (χ3n) is 6.59. The van der Waals surface area contributed by atoms with Crippen molar-refractivity contribution in [2.45, 2.75) is 25.3 Å². The van der Waals surface area contributed by atoms with Crippen LogP contribution < -0.4 is 20.7 Å². The summed E-state index contributed by atoms with van der Waals surface area (Å²) in [6, 6.07) is 14.3. The summed E-state index contributed by atoms with van der Waals surface area (Å²) in [6.07, 6.45) is 0.893. The number of fused-ring (bicyclic) bond motifs is 1. The summed E-state index contributed by atoms with van der Waals surface area (Å²) in [6.45, 7) is 3.44. The predicted octanol–water partition coefficient (Wildman–Crippen LogP) is 3.60. The average Bonchev–Trinajstić information content (AvgIpc) is 3.39. The van der Waals surface area contributed by atoms with Gasteiger partial charge < -0.3 is 15.4 Å². The van der Waals surface area contributed by atoms with Crippen LogP contribution in [0.5, 0.6) is 5.75 Å². The van der Waals surface area contributed by atoms with Crippen molar-refractivity contribution in [2.75, 3.05) is 32.1 Å². The number of anilines is 1. The lowest BCUT2D eigenvalue weighted by molar-refractivity contribution is -0.126. The third kappa shape index (κ3) is 3.92. The largest absolute Gasteiger partial charge is 0.495 e. The Labute approximate surface area is 212 Å². The summed E-state index contributed by atoms with van der Waals surface area (Å²) < 4.78 is 6.28. The number of rotatable bonds is 5. The van der Waals surface area contributed by atoms with E-state index in [9.17, 15) is 14.4 Å². The molecule has 4 amide bonds. The average molecular weight is 506 g/mol. The molecule has 2 aliphatic heterocycles. The molecule has 5 rings (SSSR count). The molecular weight excluding hydrogens is 478 g/mol. The molecule has 1 saturated heterocycles. The van der Waals surface area contributed by atoms with Gasteiger partial charge in [-0.05, 0) is 38.9 Å². The molecule has 3 heterocycles. The second-order valence-corrected chi connectivity index (χ2v) is 9.68. The maximum atomic E-state index is 14.6. The SMILES string of the molecule is CCNC(=O)Nc1sc2c(OC)cccc2c1C(=O)N1C(c2ccccc2)=NC(=O)C12CCNCC2. The molecule has 2 aromatic carbocycles. The topological polar surface area (TPSA) is 112 Å². The van der Waals surface area contributed by atoms with Crippen LogP contribution >= 0.6 is 11.3 Å². The molecule has 0 atom stereocenters. The van der Waals surface area contributed by atoms with Crippen LogP contribution in [0.3, 0.4) is 0 Å². The van der Waals surface area contributed by atoms with Crippen LogP contribution in [0.4, 0.5) is 9.80 Å². The molecule has 1 aromatic heterocycles. The fraction of sp³-hybridized carbons (Fsp3) is 0.308. The van der Waals surface area contributed by atoms with Crippen molar-refractivity contribution in [3.63, 3.8) is 0 Å². The lowest BCUT2D eigenvalue weighted by atomic mass is 9.85. The van der Waals surface area contributed by atoms with Gasteiger partial charge in [-0.15, -0.1) is 11.3 Å². The second-order valence-electron chi connectivity index (χ2n) is 8.66. The molecule has 1 fully saturated rings. The molecule has 10 heteroatoms. The number of urea groups is 1. The molecule has 186 valence electrons. The summed E-state index contributed by atoms with van der Waals surface area (Å²) in [5.74, 6) is 0.239. The van der Waals surface area contributed by atoms with E-state index in [0.717, 1.165) is 4.70 Å². The number of piperidine rings is 1. The minimum absolute atomic E-state index is 0.313. The van der Waals surface area contributed by atoms with Gasteiger partial charge in [-0.2, -0.15) is 4.99 Å². The Morgan fingerprint density at radius 2 is 1.89 bits per heavy atom. The van der Waals surface area contributed by atoms with Crippen molar-refractivity contribution < 1.29 is 19.1 Å². The van der Waals surface area contributed by atoms with E-state index in [-0.39, 0.29) is 11.8 Å². The van der Waals surface area contributed by atoms with Gasteiger partial charge in [0.05, 0.1) is 17.4 Å². The summed E-state index contributed by atoms with van der Waals surface area (Å²) in [7, 11) is 1.57. The van der Waals surface area contributed by atoms with E-state index in [2.05, 4.69) is 20.9 Å². The van der Waals surface area contributed by atoms with Gasteiger partial charge in [0.15, 0.2) is 0 Å². The maximum Gasteiger partial charge on any atom is 0.319 e. The van der Waals surface area contributed by atoms with Gasteiger partial charge >= 0.3 is 6.03 Å². The summed E-state index contributed by atoms with van der Waals surface area (Å²) in [4.78, 5) is 46.5. The minimum Gasteiger partial charge on any atom is -0.495 e. The number of thiophene rings is 1. The van der Waals surface area contributed by atoms with E-state index in [1.165, 1.54) is 11.3 Å². The molecular formula is C26H27N5O4S. The first-order valence-corrected chi connectivity index (χ1v) is 12.7. The van der Waals surface area contributed by atoms with Crippen LogP contribution in [0.2, 0.25) is 0 Å². The van der Waals surface area contributed by atoms with Gasteiger partial charge in [0.25, 0.3) is 11.8 Å². The van der Waals surface area contributed by atoms with Crippen LogP contribution in [0.25, 0.3) is 10.1 Å². The number of benzene rings is 2. The quantitative estimate of drug-likeness (QED) is 0.491. The predicted molar refractivity (Wildman–Crippen MR) is 140 cm³/mol. The number of methoxy groups -OCH3 is 1. The molecule has 2 aliphatic rings. The molecule has 0 unspecified atom stereocenters. The zero-order chi connectivity index (χ0) is 25.3. The van der Waals surface area contributed by atoms with Crippen molar-refractivity contribution in [3.8, 4) is 5.75 Å². The van der Waals surface area contributed by atoms with Crippen molar-refractivity contribution in [2.24, 2.45) is 4.99 Å². The fourth-order valence-electron chi connectivity index (χ4n) is 4.87. The lowest BCUT2D eigenvalue weighted by Crippen LogP contribution is -2.59. The van der Waals surface area contributed by atoms with Crippen molar-refractivity contribution in [1.82, 2.24) is 15.5 Å². The van der Waals surface area contributed by atoms with Gasteiger partial charge in [0.1, 0.15) is 22.1 Å². The zero-order valence-electron chi connectivity index (χ0n) is 20.1. The normalized spacial score (nSPS) is 16.8. The van der Waals surface area contributed by atoms with Crippen LogP contribution in [0.1, 0.15) is 35.7 Å². The summed E-state index contributed by atoms with van der Waals surface area (Å²) in [5, 5.41) is 9.87. The molecule has 0 aliphatic carbocycles. The number of aliphatic imine (C=N–C) groups is 1. The molecule has 0 saturated carbocycles. The smallest absolute Gasteiger partial charge is 0.319 e. The Hall–Kier alpha value is -3.76. The Kier molecular flexibility index (Phi) is 6.46. The van der Waals surface area contributed by atoms with Crippen molar-refractivity contribution in [3.05, 3.63) is 59.7 Å². The van der Waals surface area contributed by atoms with Gasteiger partial charge in [-0.1, -0.05) is 42.5 Å². The number of carbonyl (C=O) groups excluding carboxylic acids is 3. The molecule has 9 nitrogen and oxygen atoms in total. The zero-order valence-corrected chi connectivity index (χ0v) is 20.9. The van der Waals surface area contributed by atoms with E-state index in [4.69, 9.17) is 4.74 Å². The van der Waals surface area contributed by atoms with Gasteiger partial charge in [-0.3, -0.25) is 19.8 Å². The highest BCUT2D eigenvalue weighted by atomic mass is 32.1. The first-order valence-electron chi connectivity index (χ1n) is 11.9. The highest BCUT2D eigenvalue weighted by Gasteiger charge is 2.54. The number of amides is 4. The number of ether oxygens (including phenoxy) is 1. The maximum absolute atomic E-state index is 14.6. The van der Waals surface area contributed by atoms with E-state index in [0.29, 0.717) is 65.6 Å². The molecule has 36 heavy (non-hydrogen) atoms. The first kappa shape index (κ1) is 24.0. The van der Waals surface area contributed by atoms with Crippen molar-refractivity contribution >= 4 is 50.1 Å². The summed E-state index contributed by atoms with van der Waals surface area (Å²) in [5.41, 5.74) is -0.0785. The number of hydrogen-bond acceptors (Lipinski definition) is 6. The lowest BCUT2D eigenvalue weighted by Gasteiger charge is -2.40. The van der Waals surface area contributed by atoms with Gasteiger partial charge in [-0.25, -0.2) is 4.79 Å². The van der Waals surface area contributed by atoms with E-state index < -0.39 is 11.6 Å². The number of carbonyl (C=O) groups is 3. The fourth-order valence-corrected chi connectivity index (χ4v) is 6.05.